The van der Waals surface area contributed by atoms with Gasteiger partial charge in [-0.15, -0.1) is 0 Å². The first-order chi connectivity index (χ1) is 13.2. The molecular formula is C20H21FN4O3. The predicted octanol–water partition coefficient (Wildman–Crippen LogP) is 1.51. The summed E-state index contributed by atoms with van der Waals surface area (Å²) in [6, 6.07) is 12.9. The molecule has 1 heterocycles. The smallest absolute Gasteiger partial charge is 0.261 e. The number of carbonyl (C=O) groups excluding carboxylic acids is 2. The zero-order chi connectivity index (χ0) is 20.5. The molecule has 2 atom stereocenters. The average molecular weight is 384 g/mol. The number of halogens is 1. The Morgan fingerprint density at radius 3 is 2.61 bits per heavy atom. The second-order valence-electron chi connectivity index (χ2n) is 6.75. The van der Waals surface area contributed by atoms with E-state index in [2.05, 4.69) is 4.99 Å². The number of carbonyl (C=O) groups is 2. The van der Waals surface area contributed by atoms with Gasteiger partial charge in [0.25, 0.3) is 5.91 Å². The first kappa shape index (κ1) is 19.5. The van der Waals surface area contributed by atoms with Crippen LogP contribution in [0.4, 0.5) is 4.39 Å². The number of nitrogens with zero attached hydrogens (tertiary/aromatic N) is 2. The molecule has 0 bridgehead atoms. The summed E-state index contributed by atoms with van der Waals surface area (Å²) in [5.74, 6) is -1.90. The van der Waals surface area contributed by atoms with E-state index in [0.29, 0.717) is 0 Å². The fourth-order valence-electron chi connectivity index (χ4n) is 3.16. The molecule has 3 rings (SSSR count). The Morgan fingerprint density at radius 2 is 1.96 bits per heavy atom. The normalized spacial score (nSPS) is 22.1. The maximum Gasteiger partial charge on any atom is 0.261 e. The van der Waals surface area contributed by atoms with Crippen LogP contribution in [0.15, 0.2) is 53.5 Å². The van der Waals surface area contributed by atoms with Crippen LogP contribution >= 0.6 is 0 Å². The monoisotopic (exact) mass is 384 g/mol. The zero-order valence-corrected chi connectivity index (χ0v) is 15.6. The minimum Gasteiger partial charge on any atom is -0.369 e. The van der Waals surface area contributed by atoms with Gasteiger partial charge >= 0.3 is 0 Å². The largest absolute Gasteiger partial charge is 0.369 e. The van der Waals surface area contributed by atoms with E-state index in [1.807, 2.05) is 30.3 Å². The van der Waals surface area contributed by atoms with Gasteiger partial charge in [0.15, 0.2) is 12.1 Å². The van der Waals surface area contributed by atoms with Crippen molar-refractivity contribution in [2.45, 2.75) is 25.2 Å². The van der Waals surface area contributed by atoms with Crippen LogP contribution < -0.4 is 11.5 Å². The summed E-state index contributed by atoms with van der Waals surface area (Å²) in [5.41, 5.74) is 10.7. The fraction of sp³-hybridized carbons (Fsp3) is 0.250. The van der Waals surface area contributed by atoms with Crippen LogP contribution in [-0.2, 0) is 21.7 Å². The van der Waals surface area contributed by atoms with Gasteiger partial charge in [-0.3, -0.25) is 14.5 Å². The maximum atomic E-state index is 14.7. The highest BCUT2D eigenvalue weighted by atomic mass is 19.1. The minimum absolute atomic E-state index is 0.00580. The minimum atomic E-state index is -1.47. The summed E-state index contributed by atoms with van der Waals surface area (Å²) >= 11 is 0. The Hall–Kier alpha value is -3.26. The van der Waals surface area contributed by atoms with Gasteiger partial charge in [-0.05, 0) is 30.7 Å². The van der Waals surface area contributed by atoms with Gasteiger partial charge in [-0.2, -0.15) is 0 Å². The van der Waals surface area contributed by atoms with Crippen LogP contribution in [0.25, 0.3) is 0 Å². The number of likely N-dealkylation sites (N-methyl/N-ethyl adjacent to an activating group) is 1. The van der Waals surface area contributed by atoms with Crippen molar-refractivity contribution in [2.24, 2.45) is 16.5 Å². The molecule has 8 heteroatoms. The third kappa shape index (κ3) is 3.46. The molecule has 0 radical (unpaired) electrons. The molecule has 0 fully saturated rings. The molecule has 146 valence electrons. The van der Waals surface area contributed by atoms with Crippen molar-refractivity contribution in [3.05, 3.63) is 71.0 Å². The van der Waals surface area contributed by atoms with Crippen LogP contribution in [0.1, 0.15) is 28.4 Å². The molecule has 1 aliphatic heterocycles. The molecule has 2 unspecified atom stereocenters. The number of ether oxygens (including phenoxy) is 1. The highest BCUT2D eigenvalue weighted by Crippen LogP contribution is 2.37. The van der Waals surface area contributed by atoms with E-state index in [4.69, 9.17) is 16.2 Å². The number of hydrogen-bond acceptors (Lipinski definition) is 5. The maximum absolute atomic E-state index is 14.7. The van der Waals surface area contributed by atoms with E-state index in [1.165, 1.54) is 19.2 Å². The van der Waals surface area contributed by atoms with Crippen LogP contribution in [-0.4, -0.2) is 35.8 Å². The van der Waals surface area contributed by atoms with E-state index in [0.717, 1.165) is 16.5 Å². The topological polar surface area (TPSA) is 111 Å². The Morgan fingerprint density at radius 1 is 1.29 bits per heavy atom. The lowest BCUT2D eigenvalue weighted by Gasteiger charge is -2.40. The van der Waals surface area contributed by atoms with Crippen molar-refractivity contribution in [2.75, 3.05) is 7.05 Å². The Labute approximate surface area is 161 Å². The third-order valence-corrected chi connectivity index (χ3v) is 4.81. The Balaban J connectivity index is 2.06. The number of guanidine groups is 1. The molecule has 2 amide bonds. The van der Waals surface area contributed by atoms with Gasteiger partial charge in [0.05, 0.1) is 6.61 Å². The van der Waals surface area contributed by atoms with E-state index >= 15 is 0 Å². The average Bonchev–Trinajstić information content (AvgIpc) is 2.67. The molecule has 2 aromatic rings. The summed E-state index contributed by atoms with van der Waals surface area (Å²) in [5, 5.41) is 0. The summed E-state index contributed by atoms with van der Waals surface area (Å²) < 4.78 is 20.6. The van der Waals surface area contributed by atoms with E-state index in [9.17, 15) is 14.0 Å². The molecular weight excluding hydrogens is 363 g/mol. The first-order valence-corrected chi connectivity index (χ1v) is 8.62. The van der Waals surface area contributed by atoms with Gasteiger partial charge < -0.3 is 16.2 Å². The highest BCUT2D eigenvalue weighted by molar-refractivity contribution is 6.01. The third-order valence-electron chi connectivity index (χ3n) is 4.81. The van der Waals surface area contributed by atoms with Crippen molar-refractivity contribution < 1.29 is 18.7 Å². The Kier molecular flexibility index (Phi) is 5.15. The number of rotatable bonds is 5. The quantitative estimate of drug-likeness (QED) is 0.814. The standard InChI is InChI=1S/C20H21FN4O3/c1-20(14-10-13(17(22)26)8-9-15(14)21)16(18(27)25(2)19(23)24-20)28-11-12-6-4-3-5-7-12/h3-10,16H,11H2,1-2H3,(H2,22,26)(H2,23,24). The summed E-state index contributed by atoms with van der Waals surface area (Å²) in [4.78, 5) is 30.0. The number of aliphatic imine (C=N–C) groups is 1. The van der Waals surface area contributed by atoms with Crippen molar-refractivity contribution in [3.8, 4) is 0 Å². The lowest BCUT2D eigenvalue weighted by Crippen LogP contribution is -2.58. The fourth-order valence-corrected chi connectivity index (χ4v) is 3.16. The molecule has 1 aliphatic rings. The van der Waals surface area contributed by atoms with E-state index in [-0.39, 0.29) is 23.7 Å². The molecule has 2 aromatic carbocycles. The van der Waals surface area contributed by atoms with Crippen molar-refractivity contribution in [1.29, 1.82) is 0 Å². The molecule has 4 N–H and O–H groups in total. The van der Waals surface area contributed by atoms with Crippen molar-refractivity contribution in [1.82, 2.24) is 4.90 Å². The molecule has 0 saturated heterocycles. The number of nitrogens with two attached hydrogens (primary N) is 2. The lowest BCUT2D eigenvalue weighted by molar-refractivity contribution is -0.146. The molecule has 0 saturated carbocycles. The predicted molar refractivity (Wildman–Crippen MR) is 102 cm³/mol. The highest BCUT2D eigenvalue weighted by Gasteiger charge is 2.48. The molecule has 0 aliphatic carbocycles. The number of primary amides is 1. The number of amides is 2. The van der Waals surface area contributed by atoms with Crippen LogP contribution in [0.3, 0.4) is 0 Å². The summed E-state index contributed by atoms with van der Waals surface area (Å²) in [7, 11) is 1.47. The second-order valence-corrected chi connectivity index (χ2v) is 6.75. The van der Waals surface area contributed by atoms with Crippen LogP contribution in [0.5, 0.6) is 0 Å². The van der Waals surface area contributed by atoms with Crippen LogP contribution in [0, 0.1) is 5.82 Å². The molecule has 0 aromatic heterocycles. The zero-order valence-electron chi connectivity index (χ0n) is 15.6. The van der Waals surface area contributed by atoms with Crippen molar-refractivity contribution in [3.63, 3.8) is 0 Å². The Bertz CT molecular complexity index is 948. The lowest BCUT2D eigenvalue weighted by atomic mass is 9.83. The molecule has 7 nitrogen and oxygen atoms in total. The number of hydrogen-bond donors (Lipinski definition) is 2. The molecule has 28 heavy (non-hydrogen) atoms. The number of benzene rings is 2. The second kappa shape index (κ2) is 7.40. The van der Waals surface area contributed by atoms with E-state index in [1.54, 1.807) is 6.92 Å². The van der Waals surface area contributed by atoms with E-state index < -0.39 is 29.3 Å². The van der Waals surface area contributed by atoms with Gasteiger partial charge in [-0.1, -0.05) is 30.3 Å². The van der Waals surface area contributed by atoms with Gasteiger partial charge in [-0.25, -0.2) is 9.38 Å². The van der Waals surface area contributed by atoms with Gasteiger partial charge in [0.1, 0.15) is 11.4 Å². The first-order valence-electron chi connectivity index (χ1n) is 8.62. The van der Waals surface area contributed by atoms with Crippen molar-refractivity contribution >= 4 is 17.8 Å². The summed E-state index contributed by atoms with van der Waals surface area (Å²) in [6.45, 7) is 1.66. The van der Waals surface area contributed by atoms with Gasteiger partial charge in [0, 0.05) is 18.2 Å². The molecule has 0 spiro atoms. The van der Waals surface area contributed by atoms with Crippen LogP contribution in [0.2, 0.25) is 0 Å². The SMILES string of the molecule is CN1C(=O)C(OCc2ccccc2)C(C)(c2cc(C(N)=O)ccc2F)N=C1N. The summed E-state index contributed by atoms with van der Waals surface area (Å²) in [6.07, 6.45) is -1.15. The van der Waals surface area contributed by atoms with Gasteiger partial charge in [0.2, 0.25) is 5.91 Å².